The third-order valence-corrected chi connectivity index (χ3v) is 3.59. The Morgan fingerprint density at radius 1 is 1.64 bits per heavy atom. The molecule has 0 radical (unpaired) electrons. The third-order valence-electron chi connectivity index (χ3n) is 2.95. The zero-order chi connectivity index (χ0) is 10.1. The Labute approximate surface area is 93.0 Å². The first-order valence-corrected chi connectivity index (χ1v) is 5.87. The van der Waals surface area contributed by atoms with Crippen molar-refractivity contribution in [2.75, 3.05) is 13.6 Å². The van der Waals surface area contributed by atoms with Crippen LogP contribution in [-0.4, -0.2) is 23.1 Å². The second-order valence-corrected chi connectivity index (χ2v) is 4.72. The van der Waals surface area contributed by atoms with Crippen LogP contribution in [-0.2, 0) is 13.0 Å². The lowest BCUT2D eigenvalue weighted by Crippen LogP contribution is -2.27. The quantitative estimate of drug-likeness (QED) is 0.875. The first-order chi connectivity index (χ1) is 6.72. The third kappa shape index (κ3) is 1.73. The molecule has 2 rings (SSSR count). The highest BCUT2D eigenvalue weighted by molar-refractivity contribution is 9.10. The molecule has 1 unspecified atom stereocenters. The summed E-state index contributed by atoms with van der Waals surface area (Å²) in [4.78, 5) is 4.45. The second-order valence-electron chi connectivity index (χ2n) is 3.96. The normalized spacial score (nSPS) is 20.9. The molecule has 0 amide bonds. The van der Waals surface area contributed by atoms with Gasteiger partial charge in [0, 0.05) is 6.54 Å². The van der Waals surface area contributed by atoms with Gasteiger partial charge in [-0.15, -0.1) is 0 Å². The Morgan fingerprint density at radius 2 is 2.43 bits per heavy atom. The van der Waals surface area contributed by atoms with Crippen molar-refractivity contribution in [2.24, 2.45) is 5.92 Å². The van der Waals surface area contributed by atoms with Crippen LogP contribution in [0.15, 0.2) is 4.60 Å². The molecular weight excluding hydrogens is 242 g/mol. The molecule has 3 nitrogen and oxygen atoms in total. The number of fused-ring (bicyclic) bond motifs is 1. The van der Waals surface area contributed by atoms with E-state index in [0.717, 1.165) is 35.9 Å². The number of nitrogens with one attached hydrogen (secondary N) is 1. The molecule has 0 saturated heterocycles. The Balaban J connectivity index is 2.21. The summed E-state index contributed by atoms with van der Waals surface area (Å²) in [6.07, 6.45) is 2.40. The highest BCUT2D eigenvalue weighted by Crippen LogP contribution is 2.27. The highest BCUT2D eigenvalue weighted by atomic mass is 79.9. The summed E-state index contributed by atoms with van der Waals surface area (Å²) in [5.74, 6) is 1.90. The Kier molecular flexibility index (Phi) is 2.93. The predicted octanol–water partition coefficient (Wildman–Crippen LogP) is 1.74. The van der Waals surface area contributed by atoms with Crippen LogP contribution in [0.25, 0.3) is 0 Å². The number of hydrogen-bond donors (Lipinski definition) is 1. The number of rotatable bonds is 2. The van der Waals surface area contributed by atoms with Crippen LogP contribution < -0.4 is 5.32 Å². The van der Waals surface area contributed by atoms with Gasteiger partial charge in [0.1, 0.15) is 10.4 Å². The number of aryl methyl sites for hydroxylation is 1. The van der Waals surface area contributed by atoms with E-state index in [9.17, 15) is 0 Å². The van der Waals surface area contributed by atoms with E-state index in [1.54, 1.807) is 0 Å². The Bertz CT molecular complexity index is 332. The van der Waals surface area contributed by atoms with Gasteiger partial charge in [0.15, 0.2) is 0 Å². The van der Waals surface area contributed by atoms with Gasteiger partial charge in [-0.2, -0.15) is 0 Å². The molecule has 78 valence electrons. The van der Waals surface area contributed by atoms with Gasteiger partial charge in [-0.25, -0.2) is 4.98 Å². The fourth-order valence-electron chi connectivity index (χ4n) is 2.21. The van der Waals surface area contributed by atoms with E-state index in [0.29, 0.717) is 0 Å². The van der Waals surface area contributed by atoms with E-state index in [4.69, 9.17) is 0 Å². The van der Waals surface area contributed by atoms with E-state index in [1.165, 1.54) is 12.1 Å². The summed E-state index contributed by atoms with van der Waals surface area (Å²) < 4.78 is 3.37. The Morgan fingerprint density at radius 3 is 3.14 bits per heavy atom. The zero-order valence-electron chi connectivity index (χ0n) is 8.68. The topological polar surface area (TPSA) is 29.9 Å². The van der Waals surface area contributed by atoms with Crippen molar-refractivity contribution in [1.29, 1.82) is 0 Å². The summed E-state index contributed by atoms with van der Waals surface area (Å²) >= 11 is 3.53. The molecule has 1 aromatic heterocycles. The van der Waals surface area contributed by atoms with E-state index < -0.39 is 0 Å². The molecule has 0 aliphatic carbocycles. The minimum absolute atomic E-state index is 0.764. The van der Waals surface area contributed by atoms with Crippen molar-refractivity contribution in [3.05, 3.63) is 16.1 Å². The molecule has 1 aromatic rings. The average Bonchev–Trinajstić information content (AvgIpc) is 2.43. The van der Waals surface area contributed by atoms with Crippen LogP contribution >= 0.6 is 15.9 Å². The standard InChI is InChI=1S/C10H16BrN3/c1-7-13-10(11)9-5-8(6-12-2)3-4-14(7)9/h8,12H,3-6H2,1-2H3. The minimum Gasteiger partial charge on any atom is -0.331 e. The van der Waals surface area contributed by atoms with Crippen molar-refractivity contribution >= 4 is 15.9 Å². The van der Waals surface area contributed by atoms with Crippen LogP contribution in [0.4, 0.5) is 0 Å². The maximum atomic E-state index is 4.45. The second kappa shape index (κ2) is 4.03. The molecule has 0 aromatic carbocycles. The molecule has 0 bridgehead atoms. The maximum absolute atomic E-state index is 4.45. The Hall–Kier alpha value is -0.350. The van der Waals surface area contributed by atoms with Crippen LogP contribution in [0.3, 0.4) is 0 Å². The molecule has 2 heterocycles. The van der Waals surface area contributed by atoms with Gasteiger partial charge in [0.05, 0.1) is 5.69 Å². The first kappa shape index (κ1) is 10.2. The number of aromatic nitrogens is 2. The molecule has 4 heteroatoms. The minimum atomic E-state index is 0.764. The molecule has 0 fully saturated rings. The van der Waals surface area contributed by atoms with Crippen molar-refractivity contribution < 1.29 is 0 Å². The largest absolute Gasteiger partial charge is 0.331 e. The van der Waals surface area contributed by atoms with Gasteiger partial charge in [0.2, 0.25) is 0 Å². The average molecular weight is 258 g/mol. The molecule has 0 saturated carbocycles. The lowest BCUT2D eigenvalue weighted by molar-refractivity contribution is 0.374. The van der Waals surface area contributed by atoms with Crippen molar-refractivity contribution in [3.63, 3.8) is 0 Å². The summed E-state index contributed by atoms with van der Waals surface area (Å²) in [7, 11) is 2.02. The molecule has 1 atom stereocenters. The van der Waals surface area contributed by atoms with Crippen LogP contribution in [0.2, 0.25) is 0 Å². The van der Waals surface area contributed by atoms with Gasteiger partial charge < -0.3 is 9.88 Å². The fourth-order valence-corrected chi connectivity index (χ4v) is 2.85. The molecule has 1 aliphatic rings. The first-order valence-electron chi connectivity index (χ1n) is 5.08. The van der Waals surface area contributed by atoms with Gasteiger partial charge in [-0.3, -0.25) is 0 Å². The number of hydrogen-bond acceptors (Lipinski definition) is 2. The van der Waals surface area contributed by atoms with Crippen LogP contribution in [0.1, 0.15) is 17.9 Å². The number of nitrogens with zero attached hydrogens (tertiary/aromatic N) is 2. The summed E-state index contributed by atoms with van der Waals surface area (Å²) in [6.45, 7) is 4.30. The maximum Gasteiger partial charge on any atom is 0.127 e. The molecule has 1 aliphatic heterocycles. The highest BCUT2D eigenvalue weighted by Gasteiger charge is 2.22. The fraction of sp³-hybridized carbons (Fsp3) is 0.700. The van der Waals surface area contributed by atoms with Crippen molar-refractivity contribution in [2.45, 2.75) is 26.3 Å². The van der Waals surface area contributed by atoms with E-state index in [-0.39, 0.29) is 0 Å². The predicted molar refractivity (Wildman–Crippen MR) is 60.4 cm³/mol. The molecular formula is C10H16BrN3. The monoisotopic (exact) mass is 257 g/mol. The van der Waals surface area contributed by atoms with E-state index in [1.807, 2.05) is 7.05 Å². The summed E-state index contributed by atoms with van der Waals surface area (Å²) in [5.41, 5.74) is 1.37. The lowest BCUT2D eigenvalue weighted by Gasteiger charge is -2.24. The van der Waals surface area contributed by atoms with Gasteiger partial charge in [-0.05, 0) is 55.2 Å². The number of halogens is 1. The SMILES string of the molecule is CNCC1CCn2c(C)nc(Br)c2C1. The van der Waals surface area contributed by atoms with Gasteiger partial charge in [-0.1, -0.05) is 0 Å². The lowest BCUT2D eigenvalue weighted by atomic mass is 9.96. The van der Waals surface area contributed by atoms with Crippen LogP contribution in [0, 0.1) is 12.8 Å². The van der Waals surface area contributed by atoms with E-state index >= 15 is 0 Å². The van der Waals surface area contributed by atoms with Crippen molar-refractivity contribution in [1.82, 2.24) is 14.9 Å². The summed E-state index contributed by atoms with van der Waals surface area (Å²) in [6, 6.07) is 0. The summed E-state index contributed by atoms with van der Waals surface area (Å²) in [5, 5.41) is 3.25. The molecule has 0 spiro atoms. The molecule has 14 heavy (non-hydrogen) atoms. The van der Waals surface area contributed by atoms with Crippen molar-refractivity contribution in [3.8, 4) is 0 Å². The smallest absolute Gasteiger partial charge is 0.127 e. The van der Waals surface area contributed by atoms with Gasteiger partial charge in [0.25, 0.3) is 0 Å². The zero-order valence-corrected chi connectivity index (χ0v) is 10.3. The van der Waals surface area contributed by atoms with E-state index in [2.05, 4.69) is 37.7 Å². The van der Waals surface area contributed by atoms with Gasteiger partial charge >= 0.3 is 0 Å². The molecule has 1 N–H and O–H groups in total. The number of imidazole rings is 1. The van der Waals surface area contributed by atoms with Crippen LogP contribution in [0.5, 0.6) is 0 Å².